The third kappa shape index (κ3) is 7.96. The molecule has 0 saturated heterocycles. The van der Waals surface area contributed by atoms with Gasteiger partial charge in [-0.3, -0.25) is 4.90 Å². The first-order valence-electron chi connectivity index (χ1n) is 13.0. The van der Waals surface area contributed by atoms with E-state index in [9.17, 15) is 9.90 Å². The summed E-state index contributed by atoms with van der Waals surface area (Å²) in [5, 5.41) is 9.81. The number of nitrogens with zero attached hydrogens (tertiary/aromatic N) is 2. The zero-order chi connectivity index (χ0) is 26.8. The Morgan fingerprint density at radius 2 is 1.49 bits per heavy atom. The van der Waals surface area contributed by atoms with Gasteiger partial charge in [-0.2, -0.15) is 0 Å². The molecule has 0 aliphatic rings. The first-order valence-corrected chi connectivity index (χ1v) is 13.0. The molecule has 3 aromatic carbocycles. The van der Waals surface area contributed by atoms with Gasteiger partial charge in [0.25, 0.3) is 0 Å². The summed E-state index contributed by atoms with van der Waals surface area (Å²) in [6.07, 6.45) is 3.29. The Bertz CT molecular complexity index is 1180. The Morgan fingerprint density at radius 3 is 2.11 bits per heavy atom. The van der Waals surface area contributed by atoms with Gasteiger partial charge in [0.15, 0.2) is 0 Å². The van der Waals surface area contributed by atoms with Gasteiger partial charge in [0.05, 0.1) is 6.54 Å². The molecule has 0 atom stereocenters. The number of ether oxygens (including phenoxy) is 1. The van der Waals surface area contributed by atoms with Crippen LogP contribution in [0, 0.1) is 0 Å². The molecule has 0 fully saturated rings. The van der Waals surface area contributed by atoms with Crippen LogP contribution >= 0.6 is 0 Å². The van der Waals surface area contributed by atoms with Gasteiger partial charge in [-0.05, 0) is 73.8 Å². The maximum Gasteiger partial charge on any atom is 0.408 e. The molecule has 1 N–H and O–H groups in total. The molecule has 0 saturated carbocycles. The number of rotatable bonds is 11. The largest absolute Gasteiger partial charge is 0.492 e. The molecular formula is C32H40N2O3. The SMILES string of the molecule is CCN(CC)CCOc1ccc(/C=C/c2ccccc2-c2ccccc2CN(C(=O)O)C(C)(C)C)cc1. The molecule has 0 aliphatic heterocycles. The van der Waals surface area contributed by atoms with Crippen LogP contribution in [0.3, 0.4) is 0 Å². The van der Waals surface area contributed by atoms with Crippen LogP contribution < -0.4 is 4.74 Å². The van der Waals surface area contributed by atoms with E-state index in [0.29, 0.717) is 13.2 Å². The molecular weight excluding hydrogens is 460 g/mol. The van der Waals surface area contributed by atoms with Gasteiger partial charge in [0.2, 0.25) is 0 Å². The summed E-state index contributed by atoms with van der Waals surface area (Å²) in [5.41, 5.74) is 4.75. The Labute approximate surface area is 222 Å². The highest BCUT2D eigenvalue weighted by Gasteiger charge is 2.27. The first-order chi connectivity index (χ1) is 17.7. The third-order valence-corrected chi connectivity index (χ3v) is 6.54. The van der Waals surface area contributed by atoms with E-state index in [1.807, 2.05) is 63.2 Å². The summed E-state index contributed by atoms with van der Waals surface area (Å²) in [5.74, 6) is 0.875. The number of benzene rings is 3. The van der Waals surface area contributed by atoms with E-state index in [1.54, 1.807) is 0 Å². The van der Waals surface area contributed by atoms with Gasteiger partial charge in [-0.25, -0.2) is 4.79 Å². The molecule has 3 rings (SSSR count). The van der Waals surface area contributed by atoms with Crippen molar-refractivity contribution in [3.8, 4) is 16.9 Å². The molecule has 3 aromatic rings. The Morgan fingerprint density at radius 1 is 0.865 bits per heavy atom. The van der Waals surface area contributed by atoms with Crippen molar-refractivity contribution in [3.05, 3.63) is 89.5 Å². The van der Waals surface area contributed by atoms with Crippen molar-refractivity contribution in [1.82, 2.24) is 9.80 Å². The Kier molecular flexibility index (Phi) is 9.93. The summed E-state index contributed by atoms with van der Waals surface area (Å²) < 4.78 is 5.91. The lowest BCUT2D eigenvalue weighted by atomic mass is 9.94. The van der Waals surface area contributed by atoms with E-state index >= 15 is 0 Å². The van der Waals surface area contributed by atoms with Gasteiger partial charge in [-0.1, -0.05) is 86.7 Å². The third-order valence-electron chi connectivity index (χ3n) is 6.54. The fraction of sp³-hybridized carbons (Fsp3) is 0.344. The molecule has 0 aliphatic carbocycles. The summed E-state index contributed by atoms with van der Waals surface area (Å²) in [6, 6.07) is 24.4. The topological polar surface area (TPSA) is 53.0 Å². The van der Waals surface area contributed by atoms with Crippen LogP contribution in [0.15, 0.2) is 72.8 Å². The van der Waals surface area contributed by atoms with Crippen molar-refractivity contribution >= 4 is 18.2 Å². The Balaban J connectivity index is 1.79. The summed E-state index contributed by atoms with van der Waals surface area (Å²) in [6.45, 7) is 14.1. The Hall–Kier alpha value is -3.57. The van der Waals surface area contributed by atoms with Crippen molar-refractivity contribution in [3.63, 3.8) is 0 Å². The predicted molar refractivity (Wildman–Crippen MR) is 154 cm³/mol. The number of amides is 1. The van der Waals surface area contributed by atoms with Crippen LogP contribution in [-0.4, -0.2) is 52.8 Å². The van der Waals surface area contributed by atoms with Gasteiger partial charge < -0.3 is 14.7 Å². The minimum absolute atomic E-state index is 0.322. The quantitative estimate of drug-likeness (QED) is 0.277. The highest BCUT2D eigenvalue weighted by atomic mass is 16.5. The molecule has 0 unspecified atom stereocenters. The number of likely N-dealkylation sites (N-methyl/N-ethyl adjacent to an activating group) is 1. The van der Waals surface area contributed by atoms with E-state index in [-0.39, 0.29) is 0 Å². The normalized spacial score (nSPS) is 11.7. The molecule has 196 valence electrons. The second-order valence-corrected chi connectivity index (χ2v) is 10.1. The highest BCUT2D eigenvalue weighted by molar-refractivity contribution is 5.82. The minimum atomic E-state index is -0.920. The summed E-state index contributed by atoms with van der Waals surface area (Å²) in [7, 11) is 0. The zero-order valence-corrected chi connectivity index (χ0v) is 22.8. The minimum Gasteiger partial charge on any atom is -0.492 e. The van der Waals surface area contributed by atoms with E-state index in [1.165, 1.54) is 4.90 Å². The fourth-order valence-corrected chi connectivity index (χ4v) is 4.26. The van der Waals surface area contributed by atoms with Gasteiger partial charge >= 0.3 is 6.09 Å². The standard InChI is InChI=1S/C32H40N2O3/c1-6-33(7-2)22-23-37-28-20-17-25(18-21-28)16-19-26-12-8-10-14-29(26)30-15-11-9-13-27(30)24-34(31(35)36)32(3,4)5/h8-21H,6-7,22-24H2,1-5H3,(H,35,36)/b19-16+. The lowest BCUT2D eigenvalue weighted by Gasteiger charge is -2.33. The molecule has 5 heteroatoms. The number of carboxylic acid groups (broad SMARTS) is 1. The lowest BCUT2D eigenvalue weighted by Crippen LogP contribution is -2.44. The van der Waals surface area contributed by atoms with Crippen LogP contribution in [0.5, 0.6) is 5.75 Å². The zero-order valence-electron chi connectivity index (χ0n) is 22.8. The molecule has 37 heavy (non-hydrogen) atoms. The average Bonchev–Trinajstić information content (AvgIpc) is 2.89. The van der Waals surface area contributed by atoms with E-state index < -0.39 is 11.6 Å². The van der Waals surface area contributed by atoms with Gasteiger partial charge in [0, 0.05) is 12.1 Å². The lowest BCUT2D eigenvalue weighted by molar-refractivity contribution is 0.0957. The van der Waals surface area contributed by atoms with Crippen molar-refractivity contribution in [1.29, 1.82) is 0 Å². The smallest absolute Gasteiger partial charge is 0.408 e. The highest BCUT2D eigenvalue weighted by Crippen LogP contribution is 2.31. The van der Waals surface area contributed by atoms with E-state index in [2.05, 4.69) is 61.2 Å². The van der Waals surface area contributed by atoms with Crippen LogP contribution in [0.25, 0.3) is 23.3 Å². The summed E-state index contributed by atoms with van der Waals surface area (Å²) >= 11 is 0. The molecule has 0 heterocycles. The molecule has 5 nitrogen and oxygen atoms in total. The van der Waals surface area contributed by atoms with E-state index in [0.717, 1.165) is 53.2 Å². The van der Waals surface area contributed by atoms with Crippen molar-refractivity contribution in [2.75, 3.05) is 26.2 Å². The molecule has 0 spiro atoms. The molecule has 0 radical (unpaired) electrons. The van der Waals surface area contributed by atoms with Gasteiger partial charge in [0.1, 0.15) is 12.4 Å². The molecule has 1 amide bonds. The summed E-state index contributed by atoms with van der Waals surface area (Å²) in [4.78, 5) is 15.8. The number of hydrogen-bond acceptors (Lipinski definition) is 3. The van der Waals surface area contributed by atoms with Gasteiger partial charge in [-0.15, -0.1) is 0 Å². The van der Waals surface area contributed by atoms with Crippen molar-refractivity contribution < 1.29 is 14.6 Å². The average molecular weight is 501 g/mol. The van der Waals surface area contributed by atoms with Crippen molar-refractivity contribution in [2.24, 2.45) is 0 Å². The van der Waals surface area contributed by atoms with Crippen LogP contribution in [0.4, 0.5) is 4.79 Å². The van der Waals surface area contributed by atoms with E-state index in [4.69, 9.17) is 4.74 Å². The fourth-order valence-electron chi connectivity index (χ4n) is 4.26. The molecule has 0 bridgehead atoms. The van der Waals surface area contributed by atoms with Crippen LogP contribution in [-0.2, 0) is 6.54 Å². The first kappa shape index (κ1) is 28.0. The molecule has 0 aromatic heterocycles. The van der Waals surface area contributed by atoms with Crippen LogP contribution in [0.2, 0.25) is 0 Å². The maximum absolute atomic E-state index is 12.0. The predicted octanol–water partition coefficient (Wildman–Crippen LogP) is 7.52. The second kappa shape index (κ2) is 13.1. The second-order valence-electron chi connectivity index (χ2n) is 10.1. The van der Waals surface area contributed by atoms with Crippen molar-refractivity contribution in [2.45, 2.75) is 46.7 Å². The maximum atomic E-state index is 12.0. The number of hydrogen-bond donors (Lipinski definition) is 1. The monoisotopic (exact) mass is 500 g/mol. The number of carbonyl (C=O) groups is 1. The van der Waals surface area contributed by atoms with Crippen LogP contribution in [0.1, 0.15) is 51.3 Å².